The van der Waals surface area contributed by atoms with Gasteiger partial charge < -0.3 is 4.74 Å². The lowest BCUT2D eigenvalue weighted by Crippen LogP contribution is -2.23. The highest BCUT2D eigenvalue weighted by molar-refractivity contribution is 4.96. The first-order valence-corrected chi connectivity index (χ1v) is 3.92. The van der Waals surface area contributed by atoms with E-state index in [1.165, 1.54) is 0 Å². The molecule has 0 radical (unpaired) electrons. The van der Waals surface area contributed by atoms with Gasteiger partial charge in [-0.2, -0.15) is 17.6 Å². The van der Waals surface area contributed by atoms with Crippen LogP contribution >= 0.6 is 0 Å². The quantitative estimate of drug-likeness (QED) is 0.526. The van der Waals surface area contributed by atoms with Crippen LogP contribution in [-0.2, 0) is 4.74 Å². The van der Waals surface area contributed by atoms with E-state index in [0.717, 1.165) is 0 Å². The van der Waals surface area contributed by atoms with Crippen molar-refractivity contribution in [2.45, 2.75) is 24.7 Å². The maximum atomic E-state index is 12.1. The smallest absolute Gasteiger partial charge is 0.329 e. The van der Waals surface area contributed by atoms with Crippen molar-refractivity contribution in [1.29, 1.82) is 0 Å². The maximum Gasteiger partial charge on any atom is 0.329 e. The third kappa shape index (κ3) is 5.55. The largest absolute Gasteiger partial charge is 0.473 e. The molecule has 0 saturated heterocycles. The Morgan fingerprint density at radius 3 is 1.24 bits per heavy atom. The Labute approximate surface area is 90.4 Å². The number of rotatable bonds is 6. The third-order valence-corrected chi connectivity index (χ3v) is 1.32. The molecule has 0 aromatic carbocycles. The number of hydrogen-bond acceptors (Lipinski definition) is 1. The second kappa shape index (κ2) is 5.87. The van der Waals surface area contributed by atoms with Gasteiger partial charge in [0.2, 0.25) is 0 Å². The molecule has 1 nitrogen and oxygen atoms in total. The van der Waals surface area contributed by atoms with Gasteiger partial charge in [-0.3, -0.25) is 0 Å². The molecule has 0 bridgehead atoms. The van der Waals surface area contributed by atoms with E-state index in [4.69, 9.17) is 0 Å². The minimum atomic E-state index is -4.49. The highest BCUT2D eigenvalue weighted by Crippen LogP contribution is 2.25. The zero-order valence-electron chi connectivity index (χ0n) is 7.90. The number of ether oxygens (including phenoxy) is 1. The Balaban J connectivity index is 4.25. The van der Waals surface area contributed by atoms with Crippen LogP contribution in [0.25, 0.3) is 0 Å². The van der Waals surface area contributed by atoms with Crippen LogP contribution in [0.1, 0.15) is 0 Å². The Hall–Kier alpha value is -1.28. The minimum Gasteiger partial charge on any atom is -0.473 e. The second-order valence-electron chi connectivity index (χ2n) is 2.69. The summed E-state index contributed by atoms with van der Waals surface area (Å²) in [5.74, 6) is -8.97. The first-order valence-electron chi connectivity index (χ1n) is 3.92. The van der Waals surface area contributed by atoms with Gasteiger partial charge in [-0.05, 0) is 0 Å². The number of halogens is 8. The average Bonchev–Trinajstić information content (AvgIpc) is 2.16. The number of alkyl halides is 8. The monoisotopic (exact) mass is 270 g/mol. The maximum absolute atomic E-state index is 12.1. The molecule has 0 saturated carbocycles. The van der Waals surface area contributed by atoms with Crippen LogP contribution in [-0.4, -0.2) is 24.7 Å². The highest BCUT2D eigenvalue weighted by Gasteiger charge is 2.38. The summed E-state index contributed by atoms with van der Waals surface area (Å²) in [6.07, 6.45) is -8.78. The third-order valence-electron chi connectivity index (χ3n) is 1.32. The summed E-state index contributed by atoms with van der Waals surface area (Å²) in [6.45, 7) is 0. The van der Waals surface area contributed by atoms with Gasteiger partial charge in [0.25, 0.3) is 0 Å². The van der Waals surface area contributed by atoms with Crippen LogP contribution in [0.5, 0.6) is 0 Å². The molecule has 0 aliphatic carbocycles. The normalized spacial score (nSPS) is 14.5. The molecule has 0 atom stereocenters. The molecule has 0 amide bonds. The summed E-state index contributed by atoms with van der Waals surface area (Å²) < 4.78 is 98.4. The van der Waals surface area contributed by atoms with E-state index >= 15 is 0 Å². The zero-order valence-corrected chi connectivity index (χ0v) is 7.90. The van der Waals surface area contributed by atoms with E-state index in [-0.39, 0.29) is 24.7 Å². The fraction of sp³-hybridized carbons (Fsp3) is 0.500. The van der Waals surface area contributed by atoms with Crippen molar-refractivity contribution in [3.8, 4) is 0 Å². The Morgan fingerprint density at radius 2 is 1.00 bits per heavy atom. The predicted octanol–water partition coefficient (Wildman–Crippen LogP) is 3.83. The number of hydrogen-bond donors (Lipinski definition) is 0. The molecule has 0 aliphatic rings. The molecule has 9 heteroatoms. The molecule has 0 aromatic heterocycles. The lowest BCUT2D eigenvalue weighted by molar-refractivity contribution is -0.0928. The zero-order chi connectivity index (χ0) is 13.7. The fourth-order valence-electron chi connectivity index (χ4n) is 0.451. The van der Waals surface area contributed by atoms with Gasteiger partial charge in [0.05, 0.1) is 12.5 Å². The molecule has 0 unspecified atom stereocenters. The van der Waals surface area contributed by atoms with Gasteiger partial charge >= 0.3 is 24.7 Å². The van der Waals surface area contributed by atoms with E-state index in [1.54, 1.807) is 0 Å². The van der Waals surface area contributed by atoms with E-state index in [2.05, 4.69) is 4.74 Å². The summed E-state index contributed by atoms with van der Waals surface area (Å²) >= 11 is 0. The Kier molecular flexibility index (Phi) is 5.43. The van der Waals surface area contributed by atoms with Gasteiger partial charge in [0, 0.05) is 12.2 Å². The SMILES string of the molecule is FC(F)C(F)(F)C=COC=CC(F)(F)C(F)F. The summed E-state index contributed by atoms with van der Waals surface area (Å²) in [5.41, 5.74) is 0. The van der Waals surface area contributed by atoms with Crippen LogP contribution in [0.2, 0.25) is 0 Å². The van der Waals surface area contributed by atoms with Crippen molar-refractivity contribution in [2.24, 2.45) is 0 Å². The molecular formula is C8H6F8O. The molecule has 0 N–H and O–H groups in total. The molecule has 0 rings (SSSR count). The summed E-state index contributed by atoms with van der Waals surface area (Å²) in [4.78, 5) is 0. The predicted molar refractivity (Wildman–Crippen MR) is 41.3 cm³/mol. The van der Waals surface area contributed by atoms with Crippen molar-refractivity contribution in [1.82, 2.24) is 0 Å². The van der Waals surface area contributed by atoms with E-state index in [9.17, 15) is 35.1 Å². The summed E-state index contributed by atoms with van der Waals surface area (Å²) in [7, 11) is 0. The van der Waals surface area contributed by atoms with Crippen LogP contribution in [0.3, 0.4) is 0 Å². The number of allylic oxidation sites excluding steroid dienone is 2. The molecular weight excluding hydrogens is 264 g/mol. The summed E-state index contributed by atoms with van der Waals surface area (Å²) in [6, 6.07) is 0. The van der Waals surface area contributed by atoms with Crippen molar-refractivity contribution < 1.29 is 39.9 Å². The van der Waals surface area contributed by atoms with Crippen LogP contribution in [0.4, 0.5) is 35.1 Å². The second-order valence-corrected chi connectivity index (χ2v) is 2.69. The molecule has 0 aromatic rings. The van der Waals surface area contributed by atoms with E-state index < -0.39 is 24.7 Å². The Bertz CT molecular complexity index is 255. The van der Waals surface area contributed by atoms with Gasteiger partial charge in [-0.25, -0.2) is 17.6 Å². The summed E-state index contributed by atoms with van der Waals surface area (Å²) in [5, 5.41) is 0. The molecule has 0 fully saturated rings. The van der Waals surface area contributed by atoms with Gasteiger partial charge in [0.1, 0.15) is 0 Å². The minimum absolute atomic E-state index is 0.00971. The molecule has 100 valence electrons. The molecule has 0 heterocycles. The van der Waals surface area contributed by atoms with Crippen molar-refractivity contribution in [2.75, 3.05) is 0 Å². The molecule has 17 heavy (non-hydrogen) atoms. The van der Waals surface area contributed by atoms with Gasteiger partial charge in [-0.1, -0.05) is 0 Å². The average molecular weight is 270 g/mol. The highest BCUT2D eigenvalue weighted by atomic mass is 19.3. The lowest BCUT2D eigenvalue weighted by Gasteiger charge is -2.09. The van der Waals surface area contributed by atoms with Crippen molar-refractivity contribution in [3.05, 3.63) is 24.7 Å². The Morgan fingerprint density at radius 1 is 0.706 bits per heavy atom. The van der Waals surface area contributed by atoms with E-state index in [0.29, 0.717) is 0 Å². The van der Waals surface area contributed by atoms with Gasteiger partial charge in [0.15, 0.2) is 0 Å². The topological polar surface area (TPSA) is 9.23 Å². The first-order chi connectivity index (χ1) is 7.59. The van der Waals surface area contributed by atoms with Crippen LogP contribution in [0.15, 0.2) is 24.7 Å². The van der Waals surface area contributed by atoms with Crippen LogP contribution in [0, 0.1) is 0 Å². The first kappa shape index (κ1) is 15.7. The van der Waals surface area contributed by atoms with Gasteiger partial charge in [-0.15, -0.1) is 0 Å². The standard InChI is InChI=1S/C8H6F8O/c9-5(10)7(13,14)1-3-17-4-2-8(15,16)6(11)12/h1-6H. The van der Waals surface area contributed by atoms with Crippen molar-refractivity contribution >= 4 is 0 Å². The lowest BCUT2D eigenvalue weighted by atomic mass is 10.3. The molecule has 0 aliphatic heterocycles. The van der Waals surface area contributed by atoms with Crippen molar-refractivity contribution in [3.63, 3.8) is 0 Å². The van der Waals surface area contributed by atoms with E-state index in [1.807, 2.05) is 0 Å². The van der Waals surface area contributed by atoms with Crippen LogP contribution < -0.4 is 0 Å². The molecule has 0 spiro atoms. The fourth-order valence-corrected chi connectivity index (χ4v) is 0.451.